The second kappa shape index (κ2) is 3.08. The van der Waals surface area contributed by atoms with Gasteiger partial charge in [-0.2, -0.15) is 0 Å². The number of imidazole rings is 1. The van der Waals surface area contributed by atoms with Crippen molar-refractivity contribution in [3.63, 3.8) is 0 Å². The first-order valence-corrected chi connectivity index (χ1v) is 5.60. The van der Waals surface area contributed by atoms with Crippen LogP contribution in [-0.2, 0) is 5.54 Å². The van der Waals surface area contributed by atoms with Gasteiger partial charge in [0.15, 0.2) is 0 Å². The maximum atomic E-state index is 4.29. The van der Waals surface area contributed by atoms with E-state index in [4.69, 9.17) is 0 Å². The lowest BCUT2D eigenvalue weighted by molar-refractivity contribution is 0.398. The van der Waals surface area contributed by atoms with Crippen LogP contribution in [0.5, 0.6) is 0 Å². The van der Waals surface area contributed by atoms with E-state index < -0.39 is 0 Å². The van der Waals surface area contributed by atoms with Gasteiger partial charge in [-0.25, -0.2) is 4.98 Å². The van der Waals surface area contributed by atoms with Crippen molar-refractivity contribution in [3.05, 3.63) is 18.2 Å². The Morgan fingerprint density at radius 3 is 2.60 bits per heavy atom. The van der Waals surface area contributed by atoms with Crippen LogP contribution in [0.1, 0.15) is 45.9 Å². The summed E-state index contributed by atoms with van der Waals surface area (Å²) in [6, 6.07) is 0.627. The highest BCUT2D eigenvalue weighted by atomic mass is 15.2. The maximum Gasteiger partial charge on any atom is 0.0951 e. The molecule has 1 N–H and O–H groups in total. The third-order valence-corrected chi connectivity index (χ3v) is 3.73. The van der Waals surface area contributed by atoms with Crippen molar-refractivity contribution in [2.24, 2.45) is 5.41 Å². The fraction of sp³-hybridized carbons (Fsp3) is 0.750. The predicted molar refractivity (Wildman–Crippen MR) is 61.7 cm³/mol. The van der Waals surface area contributed by atoms with Crippen molar-refractivity contribution < 1.29 is 0 Å². The van der Waals surface area contributed by atoms with Crippen molar-refractivity contribution >= 4 is 0 Å². The second-order valence-electron chi connectivity index (χ2n) is 5.77. The molecule has 1 aromatic heterocycles. The van der Waals surface area contributed by atoms with Crippen LogP contribution < -0.4 is 5.32 Å². The Hall–Kier alpha value is -0.830. The lowest BCUT2D eigenvalue weighted by atomic mass is 10.0. The zero-order chi connectivity index (χ0) is 11.3. The molecular formula is C12H21N3. The zero-order valence-corrected chi connectivity index (χ0v) is 10.3. The lowest BCUT2D eigenvalue weighted by Gasteiger charge is -2.26. The summed E-state index contributed by atoms with van der Waals surface area (Å²) in [5.41, 5.74) is 1.72. The van der Waals surface area contributed by atoms with Crippen molar-refractivity contribution in [2.75, 3.05) is 7.05 Å². The van der Waals surface area contributed by atoms with Crippen LogP contribution in [-0.4, -0.2) is 16.6 Å². The van der Waals surface area contributed by atoms with Crippen molar-refractivity contribution in [2.45, 2.75) is 45.7 Å². The van der Waals surface area contributed by atoms with E-state index in [-0.39, 0.29) is 5.54 Å². The maximum absolute atomic E-state index is 4.29. The van der Waals surface area contributed by atoms with Gasteiger partial charge in [0.1, 0.15) is 0 Å². The monoisotopic (exact) mass is 207 g/mol. The highest BCUT2D eigenvalue weighted by molar-refractivity contribution is 5.16. The standard InChI is InChI=1S/C12H21N3/c1-11(2)6-9(11)15-8-14-7-10(15)12(3,4)13-5/h7-9,13H,6H2,1-5H3. The Kier molecular flexibility index (Phi) is 2.19. The molecule has 3 heteroatoms. The molecule has 0 bridgehead atoms. The Morgan fingerprint density at radius 1 is 1.53 bits per heavy atom. The first-order valence-electron chi connectivity index (χ1n) is 5.60. The SMILES string of the molecule is CNC(C)(C)c1cncn1C1CC1(C)C. The van der Waals surface area contributed by atoms with Gasteiger partial charge in [-0.1, -0.05) is 13.8 Å². The molecule has 3 nitrogen and oxygen atoms in total. The molecule has 84 valence electrons. The van der Waals surface area contributed by atoms with Gasteiger partial charge in [-0.05, 0) is 32.7 Å². The van der Waals surface area contributed by atoms with E-state index in [0.717, 1.165) is 0 Å². The Bertz CT molecular complexity index is 363. The summed E-state index contributed by atoms with van der Waals surface area (Å²) in [6.07, 6.45) is 5.20. The minimum absolute atomic E-state index is 0.00479. The van der Waals surface area contributed by atoms with Crippen LogP contribution in [0.25, 0.3) is 0 Å². The minimum atomic E-state index is -0.00479. The quantitative estimate of drug-likeness (QED) is 0.824. The molecule has 1 heterocycles. The molecule has 0 saturated heterocycles. The number of rotatable bonds is 3. The topological polar surface area (TPSA) is 29.9 Å². The van der Waals surface area contributed by atoms with Gasteiger partial charge in [-0.3, -0.25) is 0 Å². The van der Waals surface area contributed by atoms with Crippen LogP contribution >= 0.6 is 0 Å². The molecule has 0 aromatic carbocycles. The summed E-state index contributed by atoms with van der Waals surface area (Å²) in [6.45, 7) is 9.01. The van der Waals surface area contributed by atoms with Gasteiger partial charge >= 0.3 is 0 Å². The van der Waals surface area contributed by atoms with Gasteiger partial charge < -0.3 is 9.88 Å². The van der Waals surface area contributed by atoms with Crippen LogP contribution in [0, 0.1) is 5.41 Å². The molecule has 0 amide bonds. The molecule has 1 unspecified atom stereocenters. The van der Waals surface area contributed by atoms with Crippen molar-refractivity contribution in [3.8, 4) is 0 Å². The summed E-state index contributed by atoms with van der Waals surface area (Å²) in [5.74, 6) is 0. The molecule has 1 saturated carbocycles. The molecule has 1 aliphatic carbocycles. The van der Waals surface area contributed by atoms with Crippen molar-refractivity contribution in [1.29, 1.82) is 0 Å². The second-order valence-corrected chi connectivity index (χ2v) is 5.77. The average molecular weight is 207 g/mol. The summed E-state index contributed by atoms with van der Waals surface area (Å²) >= 11 is 0. The van der Waals surface area contributed by atoms with Gasteiger partial charge in [-0.15, -0.1) is 0 Å². The summed E-state index contributed by atoms with van der Waals surface area (Å²) in [4.78, 5) is 4.29. The highest BCUT2D eigenvalue weighted by Gasteiger charge is 2.48. The van der Waals surface area contributed by atoms with E-state index in [9.17, 15) is 0 Å². The number of nitrogens with zero attached hydrogens (tertiary/aromatic N) is 2. The molecule has 1 atom stereocenters. The number of nitrogens with one attached hydrogen (secondary N) is 1. The normalized spacial score (nSPS) is 24.2. The Balaban J connectivity index is 2.32. The lowest BCUT2D eigenvalue weighted by Crippen LogP contribution is -2.35. The van der Waals surface area contributed by atoms with E-state index in [0.29, 0.717) is 11.5 Å². The molecule has 0 spiro atoms. The van der Waals surface area contributed by atoms with Gasteiger partial charge in [0.25, 0.3) is 0 Å². The smallest absolute Gasteiger partial charge is 0.0951 e. The highest BCUT2D eigenvalue weighted by Crippen LogP contribution is 2.56. The molecule has 2 rings (SSSR count). The van der Waals surface area contributed by atoms with E-state index in [2.05, 4.69) is 42.6 Å². The number of aromatic nitrogens is 2. The van der Waals surface area contributed by atoms with Crippen LogP contribution in [0.3, 0.4) is 0 Å². The van der Waals surface area contributed by atoms with Crippen LogP contribution in [0.2, 0.25) is 0 Å². The molecule has 1 fully saturated rings. The van der Waals surface area contributed by atoms with Crippen LogP contribution in [0.4, 0.5) is 0 Å². The van der Waals surface area contributed by atoms with Gasteiger partial charge in [0.05, 0.1) is 23.8 Å². The van der Waals surface area contributed by atoms with E-state index in [1.165, 1.54) is 12.1 Å². The zero-order valence-electron chi connectivity index (χ0n) is 10.3. The predicted octanol–water partition coefficient (Wildman–Crippen LogP) is 2.31. The van der Waals surface area contributed by atoms with E-state index in [1.54, 1.807) is 0 Å². The van der Waals surface area contributed by atoms with Gasteiger partial charge in [0.2, 0.25) is 0 Å². The fourth-order valence-corrected chi connectivity index (χ4v) is 2.08. The third kappa shape index (κ3) is 1.69. The summed E-state index contributed by atoms with van der Waals surface area (Å²) < 4.78 is 2.33. The average Bonchev–Trinajstić information content (AvgIpc) is 2.65. The first kappa shape index (κ1) is 10.7. The molecule has 0 radical (unpaired) electrons. The van der Waals surface area contributed by atoms with Crippen LogP contribution in [0.15, 0.2) is 12.5 Å². The first-order chi connectivity index (χ1) is 6.88. The minimum Gasteiger partial charge on any atom is -0.329 e. The van der Waals surface area contributed by atoms with Crippen molar-refractivity contribution in [1.82, 2.24) is 14.9 Å². The molecule has 0 aliphatic heterocycles. The number of hydrogen-bond acceptors (Lipinski definition) is 2. The summed E-state index contributed by atoms with van der Waals surface area (Å²) in [7, 11) is 2.00. The third-order valence-electron chi connectivity index (χ3n) is 3.73. The number of hydrogen-bond donors (Lipinski definition) is 1. The molecule has 1 aliphatic rings. The summed E-state index contributed by atoms with van der Waals surface area (Å²) in [5, 5.41) is 3.33. The fourth-order valence-electron chi connectivity index (χ4n) is 2.08. The molecular weight excluding hydrogens is 186 g/mol. The Labute approximate surface area is 91.9 Å². The largest absolute Gasteiger partial charge is 0.329 e. The van der Waals surface area contributed by atoms with E-state index in [1.807, 2.05) is 19.6 Å². The van der Waals surface area contributed by atoms with E-state index >= 15 is 0 Å². The van der Waals surface area contributed by atoms with Gasteiger partial charge in [0, 0.05) is 6.04 Å². The molecule has 15 heavy (non-hydrogen) atoms. The molecule has 1 aromatic rings. The Morgan fingerprint density at radius 2 is 2.13 bits per heavy atom.